The summed E-state index contributed by atoms with van der Waals surface area (Å²) in [4.78, 5) is 14.8. The Bertz CT molecular complexity index is 1180. The first-order chi connectivity index (χ1) is 14.0. The molecule has 0 unspecified atom stereocenters. The van der Waals surface area contributed by atoms with E-state index in [1.165, 1.54) is 12.1 Å². The molecular formula is C24H21FN2O2. The summed E-state index contributed by atoms with van der Waals surface area (Å²) in [6.07, 6.45) is 0. The average Bonchev–Trinajstić information content (AvgIpc) is 3.11. The Morgan fingerprint density at radius 1 is 0.966 bits per heavy atom. The van der Waals surface area contributed by atoms with Gasteiger partial charge in [-0.15, -0.1) is 0 Å². The lowest BCUT2D eigenvalue weighted by Crippen LogP contribution is -2.18. The van der Waals surface area contributed by atoms with Crippen LogP contribution in [0.25, 0.3) is 33.4 Å². The van der Waals surface area contributed by atoms with E-state index in [-0.39, 0.29) is 11.7 Å². The molecule has 0 fully saturated rings. The third-order valence-electron chi connectivity index (χ3n) is 4.93. The van der Waals surface area contributed by atoms with Gasteiger partial charge >= 0.3 is 0 Å². The molecule has 0 atom stereocenters. The van der Waals surface area contributed by atoms with Crippen LogP contribution in [0.2, 0.25) is 0 Å². The molecular weight excluding hydrogens is 367 g/mol. The fourth-order valence-corrected chi connectivity index (χ4v) is 3.51. The lowest BCUT2D eigenvalue weighted by molar-refractivity contribution is 0.0964. The molecule has 4 aromatic rings. The van der Waals surface area contributed by atoms with Gasteiger partial charge in [0.05, 0.1) is 5.56 Å². The number of nitrogens with zero attached hydrogens (tertiary/aromatic N) is 1. The van der Waals surface area contributed by atoms with Crippen molar-refractivity contribution in [2.75, 3.05) is 26.0 Å². The van der Waals surface area contributed by atoms with Gasteiger partial charge in [0.1, 0.15) is 17.2 Å². The van der Waals surface area contributed by atoms with Crippen molar-refractivity contribution >= 4 is 22.6 Å². The predicted octanol–water partition coefficient (Wildman–Crippen LogP) is 5.33. The van der Waals surface area contributed by atoms with Crippen LogP contribution in [0.15, 0.2) is 71.1 Å². The summed E-state index contributed by atoms with van der Waals surface area (Å²) in [6.45, 7) is 0. The summed E-state index contributed by atoms with van der Waals surface area (Å²) in [6, 6.07) is 19.9. The van der Waals surface area contributed by atoms with Gasteiger partial charge in [0, 0.05) is 49.4 Å². The number of fused-ring (bicyclic) bond motifs is 1. The molecule has 0 spiro atoms. The standard InChI is InChI=1S/C24H21FN2O2/c1-26-24(28)22-19-13-18(15-7-5-4-6-8-15)20(27(2)3)14-21(19)29-23(22)16-9-11-17(25)12-10-16/h4-14H,1-3H3,(H,26,28). The maximum Gasteiger partial charge on any atom is 0.255 e. The summed E-state index contributed by atoms with van der Waals surface area (Å²) < 4.78 is 19.5. The molecule has 5 heteroatoms. The van der Waals surface area contributed by atoms with Gasteiger partial charge in [0.2, 0.25) is 0 Å². The van der Waals surface area contributed by atoms with Crippen molar-refractivity contribution < 1.29 is 13.6 Å². The Labute approximate surface area is 168 Å². The van der Waals surface area contributed by atoms with Crippen molar-refractivity contribution in [1.29, 1.82) is 0 Å². The second kappa shape index (κ2) is 7.43. The number of furan rings is 1. The van der Waals surface area contributed by atoms with Crippen LogP contribution in [0.1, 0.15) is 10.4 Å². The molecule has 0 aliphatic rings. The van der Waals surface area contributed by atoms with Crippen LogP contribution in [0.5, 0.6) is 0 Å². The van der Waals surface area contributed by atoms with Crippen LogP contribution < -0.4 is 10.2 Å². The minimum absolute atomic E-state index is 0.250. The van der Waals surface area contributed by atoms with Crippen molar-refractivity contribution in [3.05, 3.63) is 78.1 Å². The third-order valence-corrected chi connectivity index (χ3v) is 4.93. The highest BCUT2D eigenvalue weighted by Crippen LogP contribution is 2.40. The summed E-state index contributed by atoms with van der Waals surface area (Å²) in [7, 11) is 5.52. The van der Waals surface area contributed by atoms with E-state index in [0.29, 0.717) is 27.9 Å². The second-order valence-corrected chi connectivity index (χ2v) is 7.02. The molecule has 1 aromatic heterocycles. The lowest BCUT2D eigenvalue weighted by atomic mass is 9.98. The number of benzene rings is 3. The number of amides is 1. The number of nitrogens with one attached hydrogen (secondary N) is 1. The summed E-state index contributed by atoms with van der Waals surface area (Å²) >= 11 is 0. The normalized spacial score (nSPS) is 10.9. The molecule has 4 nitrogen and oxygen atoms in total. The highest BCUT2D eigenvalue weighted by molar-refractivity contribution is 6.12. The molecule has 146 valence electrons. The number of anilines is 1. The van der Waals surface area contributed by atoms with Crippen molar-refractivity contribution in [1.82, 2.24) is 5.32 Å². The zero-order chi connectivity index (χ0) is 20.5. The molecule has 0 radical (unpaired) electrons. The lowest BCUT2D eigenvalue weighted by Gasteiger charge is -2.18. The van der Waals surface area contributed by atoms with Crippen LogP contribution in [-0.4, -0.2) is 27.1 Å². The van der Waals surface area contributed by atoms with Gasteiger partial charge < -0.3 is 14.6 Å². The largest absolute Gasteiger partial charge is 0.455 e. The Balaban J connectivity index is 2.04. The first kappa shape index (κ1) is 18.7. The monoisotopic (exact) mass is 388 g/mol. The van der Waals surface area contributed by atoms with Gasteiger partial charge in [-0.05, 0) is 35.9 Å². The summed E-state index contributed by atoms with van der Waals surface area (Å²) in [5, 5.41) is 3.41. The Morgan fingerprint density at radius 2 is 1.66 bits per heavy atom. The SMILES string of the molecule is CNC(=O)c1c(-c2ccc(F)cc2)oc2cc(N(C)C)c(-c3ccccc3)cc12. The van der Waals surface area contributed by atoms with E-state index in [9.17, 15) is 9.18 Å². The molecule has 0 bridgehead atoms. The second-order valence-electron chi connectivity index (χ2n) is 7.02. The Morgan fingerprint density at radius 3 is 2.28 bits per heavy atom. The van der Waals surface area contributed by atoms with Crippen LogP contribution in [0, 0.1) is 5.82 Å². The van der Waals surface area contributed by atoms with Crippen LogP contribution in [0.4, 0.5) is 10.1 Å². The Kier molecular flexibility index (Phi) is 4.80. The van der Waals surface area contributed by atoms with Crippen molar-refractivity contribution in [3.63, 3.8) is 0 Å². The summed E-state index contributed by atoms with van der Waals surface area (Å²) in [5.41, 5.74) is 4.72. The highest BCUT2D eigenvalue weighted by Gasteiger charge is 2.23. The first-order valence-corrected chi connectivity index (χ1v) is 9.31. The van der Waals surface area contributed by atoms with E-state index in [2.05, 4.69) is 5.32 Å². The van der Waals surface area contributed by atoms with E-state index in [1.807, 2.05) is 61.5 Å². The van der Waals surface area contributed by atoms with Crippen LogP contribution in [0.3, 0.4) is 0 Å². The predicted molar refractivity (Wildman–Crippen MR) is 115 cm³/mol. The first-order valence-electron chi connectivity index (χ1n) is 9.31. The van der Waals surface area contributed by atoms with Gasteiger partial charge in [-0.1, -0.05) is 30.3 Å². The third kappa shape index (κ3) is 3.36. The van der Waals surface area contributed by atoms with Crippen molar-refractivity contribution in [3.8, 4) is 22.5 Å². The molecule has 1 N–H and O–H groups in total. The van der Waals surface area contributed by atoms with Gasteiger partial charge in [0.25, 0.3) is 5.91 Å². The maximum atomic E-state index is 13.4. The van der Waals surface area contributed by atoms with Gasteiger partial charge in [-0.3, -0.25) is 4.79 Å². The van der Waals surface area contributed by atoms with Crippen LogP contribution in [-0.2, 0) is 0 Å². The molecule has 4 rings (SSSR count). The molecule has 1 heterocycles. The van der Waals surface area contributed by atoms with E-state index in [1.54, 1.807) is 19.2 Å². The summed E-state index contributed by atoms with van der Waals surface area (Å²) in [5.74, 6) is -0.165. The maximum absolute atomic E-state index is 13.4. The molecule has 1 amide bonds. The average molecular weight is 388 g/mol. The number of hydrogen-bond donors (Lipinski definition) is 1. The number of carbonyl (C=O) groups excluding carboxylic acids is 1. The molecule has 0 saturated heterocycles. The van der Waals surface area contributed by atoms with E-state index in [0.717, 1.165) is 16.8 Å². The highest BCUT2D eigenvalue weighted by atomic mass is 19.1. The number of carbonyl (C=O) groups is 1. The minimum Gasteiger partial charge on any atom is -0.455 e. The number of rotatable bonds is 4. The van der Waals surface area contributed by atoms with Crippen molar-refractivity contribution in [2.24, 2.45) is 0 Å². The van der Waals surface area contributed by atoms with Crippen molar-refractivity contribution in [2.45, 2.75) is 0 Å². The Hall–Kier alpha value is -3.60. The van der Waals surface area contributed by atoms with E-state index in [4.69, 9.17) is 4.42 Å². The topological polar surface area (TPSA) is 45.5 Å². The zero-order valence-corrected chi connectivity index (χ0v) is 16.5. The van der Waals surface area contributed by atoms with Gasteiger partial charge in [0.15, 0.2) is 0 Å². The van der Waals surface area contributed by atoms with E-state index >= 15 is 0 Å². The van der Waals surface area contributed by atoms with Crippen LogP contribution >= 0.6 is 0 Å². The number of hydrogen-bond acceptors (Lipinski definition) is 3. The molecule has 0 aliphatic carbocycles. The zero-order valence-electron chi connectivity index (χ0n) is 16.5. The molecule has 3 aromatic carbocycles. The molecule has 0 aliphatic heterocycles. The smallest absolute Gasteiger partial charge is 0.255 e. The molecule has 29 heavy (non-hydrogen) atoms. The minimum atomic E-state index is -0.340. The quantitative estimate of drug-likeness (QED) is 0.514. The van der Waals surface area contributed by atoms with Gasteiger partial charge in [-0.25, -0.2) is 4.39 Å². The van der Waals surface area contributed by atoms with E-state index < -0.39 is 0 Å². The fourth-order valence-electron chi connectivity index (χ4n) is 3.51. The van der Waals surface area contributed by atoms with Gasteiger partial charge in [-0.2, -0.15) is 0 Å². The fraction of sp³-hybridized carbons (Fsp3) is 0.125. The number of halogens is 1. The molecule has 0 saturated carbocycles.